The van der Waals surface area contributed by atoms with Crippen molar-refractivity contribution in [1.29, 1.82) is 10.8 Å². The van der Waals surface area contributed by atoms with Gasteiger partial charge in [0.2, 0.25) is 44.3 Å². The molecule has 0 spiro atoms. The zero-order valence-electron chi connectivity index (χ0n) is 75.5. The molecule has 13 aromatic rings. The highest BCUT2D eigenvalue weighted by Gasteiger charge is 2.26. The molecular formula is C98H92F4N16O18S4. The molecule has 140 heavy (non-hydrogen) atoms. The highest BCUT2D eigenvalue weighted by atomic mass is 32.2. The molecule has 0 saturated carbocycles. The summed E-state index contributed by atoms with van der Waals surface area (Å²) in [5.74, 6) is 12.8. The predicted octanol–water partition coefficient (Wildman–Crippen LogP) is 16.0. The minimum absolute atomic E-state index is 0.0272. The number of hydrogen-bond donors (Lipinski definition) is 16. The number of aromatic hydroxyl groups is 1. The van der Waals surface area contributed by atoms with Crippen LogP contribution < -0.4 is 86.7 Å². The van der Waals surface area contributed by atoms with Crippen molar-refractivity contribution in [2.24, 2.45) is 45.9 Å². The average molecular weight is 1990 g/mol. The molecule has 724 valence electrons. The first-order valence-electron chi connectivity index (χ1n) is 40.9. The number of nitrogens with two attached hydrogens (primary N) is 8. The number of methoxy groups -OCH3 is 4. The van der Waals surface area contributed by atoms with E-state index in [0.29, 0.717) is 103 Å². The highest BCUT2D eigenvalue weighted by Crippen LogP contribution is 2.41. The van der Waals surface area contributed by atoms with Gasteiger partial charge in [-0.3, -0.25) is 30.0 Å². The molecule has 1 heterocycles. The molecule has 13 rings (SSSR count). The standard InChI is InChI=1S/C26H23FN4O4S.2C24H23FN4O5S.C24H23FN4O4S/c1-15(17-8-7-16-11-12-30-25(28)20(16)13-17)24(27)26(32)31-21-10-9-18(14-22(21)34-2)19-5-3-4-6-23(19)36(33)35-29;1-14(15-6-5-7-17(12-15)23(26)29-31)22(25)24(30)28-19-11-10-16(13-20(19)33-2)18-8-3-4-9-21(18)35(32)34-27;1-13(17-11-15(23(26)27)8-10-19(17)30)22(25)24(31)29-18-9-7-14(12-20(18)33-2)16-5-3-4-6-21(16)35(32)34-28;1-14(15-6-5-7-17(12-15)23(26)27)22(25)24(30)29-19-11-10-16(13-20(19)32-2)18-8-3-4-9-21(18)34(31)33-28/h3-14H,29H2,1-2H3,(H2,28,30)(H,31,32);3-13,31H,27H2,1-2H3,(H2,26,29)(H,28,30);3-12,30H,28H2,1-2H3,(H3,26,27)(H,29,31);3-13H,28H2,1-2H3,(H3,26,27)(H,29,30)/b24-15+;22-14+;22-13+;22-14+. The van der Waals surface area contributed by atoms with E-state index in [0.717, 1.165) is 5.39 Å². The Balaban J connectivity index is 0.000000192. The summed E-state index contributed by atoms with van der Waals surface area (Å²) >= 11 is -7.51. The number of aromatic nitrogens is 1. The third-order valence-corrected chi connectivity index (χ3v) is 24.6. The lowest BCUT2D eigenvalue weighted by Crippen LogP contribution is -2.15. The van der Waals surface area contributed by atoms with Crippen LogP contribution in [0.5, 0.6) is 28.7 Å². The van der Waals surface area contributed by atoms with E-state index in [1.165, 1.54) is 98.6 Å². The van der Waals surface area contributed by atoms with Gasteiger partial charge in [0.15, 0.2) is 29.1 Å². The van der Waals surface area contributed by atoms with E-state index < -0.39 is 91.3 Å². The van der Waals surface area contributed by atoms with E-state index in [-0.39, 0.29) is 102 Å². The number of carbonyl (C=O) groups is 4. The van der Waals surface area contributed by atoms with Crippen molar-refractivity contribution >= 4 is 147 Å². The van der Waals surface area contributed by atoms with Crippen molar-refractivity contribution in [2.75, 3.05) is 55.4 Å². The Hall–Kier alpha value is -16.1. The van der Waals surface area contributed by atoms with Crippen LogP contribution in [0.1, 0.15) is 66.6 Å². The summed E-state index contributed by atoms with van der Waals surface area (Å²) in [6, 6.07) is 70.1. The molecular weight excluding hydrogens is 1890 g/mol. The van der Waals surface area contributed by atoms with Gasteiger partial charge in [0.1, 0.15) is 46.2 Å². The predicted molar refractivity (Wildman–Crippen MR) is 531 cm³/mol. The largest absolute Gasteiger partial charge is 0.507 e. The number of carbonyl (C=O) groups excluding carboxylic acids is 4. The van der Waals surface area contributed by atoms with Crippen LogP contribution >= 0.6 is 0 Å². The number of benzene rings is 12. The second-order valence-corrected chi connectivity index (χ2v) is 33.8. The number of nitrogen functional groups attached to an aromatic ring is 3. The van der Waals surface area contributed by atoms with Gasteiger partial charge in [0.05, 0.1) is 70.8 Å². The molecule has 1 aromatic heterocycles. The molecule has 4 amide bonds. The van der Waals surface area contributed by atoms with Crippen LogP contribution in [0.25, 0.3) is 77.6 Å². The number of amidine groups is 3. The van der Waals surface area contributed by atoms with Crippen LogP contribution in [0.4, 0.5) is 46.1 Å². The number of nitrogens with zero attached hydrogens (tertiary/aromatic N) is 2. The number of hydrogen-bond acceptors (Lipinski definition) is 27. The second kappa shape index (κ2) is 49.6. The van der Waals surface area contributed by atoms with Gasteiger partial charge in [0.25, 0.3) is 23.6 Å². The normalized spacial score (nSPS) is 12.7. The molecule has 4 atom stereocenters. The Labute approximate surface area is 809 Å². The first kappa shape index (κ1) is 106. The van der Waals surface area contributed by atoms with E-state index in [4.69, 9.17) is 81.5 Å². The van der Waals surface area contributed by atoms with Crippen molar-refractivity contribution < 1.29 is 100.0 Å². The van der Waals surface area contributed by atoms with Crippen LogP contribution in [0.2, 0.25) is 0 Å². The van der Waals surface area contributed by atoms with E-state index >= 15 is 8.78 Å². The molecule has 0 saturated heterocycles. The summed E-state index contributed by atoms with van der Waals surface area (Å²) in [6.45, 7) is 5.74. The van der Waals surface area contributed by atoms with Crippen molar-refractivity contribution in [1.82, 2.24) is 4.98 Å². The lowest BCUT2D eigenvalue weighted by molar-refractivity contribution is -0.114. The minimum Gasteiger partial charge on any atom is -0.507 e. The molecule has 0 aliphatic rings. The number of ether oxygens (including phenoxy) is 4. The fraction of sp³-hybridized carbons (Fsp3) is 0.0816. The van der Waals surface area contributed by atoms with Gasteiger partial charge < -0.3 is 73.5 Å². The van der Waals surface area contributed by atoms with Crippen molar-refractivity contribution in [3.05, 3.63) is 329 Å². The number of pyridine rings is 1. The van der Waals surface area contributed by atoms with Gasteiger partial charge in [0, 0.05) is 61.7 Å². The molecule has 0 radical (unpaired) electrons. The van der Waals surface area contributed by atoms with Gasteiger partial charge in [-0.2, -0.15) is 40.7 Å². The molecule has 0 fully saturated rings. The maximum Gasteiger partial charge on any atom is 0.284 e. The number of phenols is 1. The number of rotatable bonds is 31. The smallest absolute Gasteiger partial charge is 0.284 e. The first-order valence-corrected chi connectivity index (χ1v) is 45.2. The molecule has 4 unspecified atom stereocenters. The third-order valence-electron chi connectivity index (χ3n) is 21.0. The highest BCUT2D eigenvalue weighted by molar-refractivity contribution is 7.81. The zero-order chi connectivity index (χ0) is 102. The lowest BCUT2D eigenvalue weighted by Gasteiger charge is -2.14. The minimum atomic E-state index is -1.89. The zero-order valence-corrected chi connectivity index (χ0v) is 78.8. The lowest BCUT2D eigenvalue weighted by atomic mass is 10.0. The molecule has 42 heteroatoms. The summed E-state index contributed by atoms with van der Waals surface area (Å²) in [4.78, 5) is 56.1. The average Bonchev–Trinajstić information content (AvgIpc) is 0.799. The molecule has 12 aromatic carbocycles. The SMILES string of the molecule is COc1cc(-c2ccccc2S(=O)ON)ccc1NC(=O)/C(F)=C(/C)c1cc(C(=N)N)ccc1O.COc1cc(-c2ccccc2S(=O)ON)ccc1NC(=O)/C(F)=C(/C)c1ccc2ccnc(N)c2c1.COc1cc(-c2ccccc2S(=O)ON)ccc1NC(=O)/C(F)=C(/C)c1cccc(/C(N)=N/O)c1.COc1cc(-c2ccccc2S(=O)ON)ccc1NC(=O)/C(F)=C(/C)c1cccc(C(=N)N)c1. The number of phenolic OH excluding ortho intramolecular Hbond substituents is 1. The second-order valence-electron chi connectivity index (χ2n) is 29.4. The summed E-state index contributed by atoms with van der Waals surface area (Å²) in [5.41, 5.74) is 30.8. The number of nitrogens with one attached hydrogen (secondary N) is 6. The summed E-state index contributed by atoms with van der Waals surface area (Å²) in [6.07, 6.45) is 1.59. The Morgan fingerprint density at radius 1 is 0.364 bits per heavy atom. The number of allylic oxidation sites excluding steroid dienone is 4. The van der Waals surface area contributed by atoms with Crippen molar-refractivity contribution in [3.63, 3.8) is 0 Å². The van der Waals surface area contributed by atoms with Gasteiger partial charge in [-0.1, -0.05) is 151 Å². The summed E-state index contributed by atoms with van der Waals surface area (Å²) in [7, 11) is 5.61. The van der Waals surface area contributed by atoms with Crippen molar-refractivity contribution in [3.8, 4) is 73.3 Å². The topological polar surface area (TPSA) is 580 Å². The monoisotopic (exact) mass is 1980 g/mol. The summed E-state index contributed by atoms with van der Waals surface area (Å²) < 4.78 is 148. The van der Waals surface area contributed by atoms with Crippen LogP contribution in [0, 0.1) is 10.8 Å². The Morgan fingerprint density at radius 2 is 0.657 bits per heavy atom. The number of fused-ring (bicyclic) bond motifs is 1. The number of amides is 4. The molecule has 0 bridgehead atoms. The van der Waals surface area contributed by atoms with E-state index in [9.17, 15) is 49.9 Å². The maximum absolute atomic E-state index is 15.1. The molecule has 24 N–H and O–H groups in total. The third kappa shape index (κ3) is 26.0. The van der Waals surface area contributed by atoms with Gasteiger partial charge in [-0.15, -0.1) is 0 Å². The quantitative estimate of drug-likeness (QED) is 0.00479. The van der Waals surface area contributed by atoms with E-state index in [1.54, 1.807) is 225 Å². The van der Waals surface area contributed by atoms with Gasteiger partial charge >= 0.3 is 0 Å². The first-order chi connectivity index (χ1) is 67.1. The fourth-order valence-corrected chi connectivity index (χ4v) is 16.3. The Bertz CT molecular complexity index is 7210. The van der Waals surface area contributed by atoms with Gasteiger partial charge in [-0.25, -0.2) is 39.4 Å². The van der Waals surface area contributed by atoms with E-state index in [1.807, 2.05) is 0 Å². The van der Waals surface area contributed by atoms with Crippen LogP contribution in [0.3, 0.4) is 0 Å². The molecule has 34 nitrogen and oxygen atoms in total. The fourth-order valence-electron chi connectivity index (χ4n) is 13.7. The number of anilines is 5. The number of oxime groups is 1. The van der Waals surface area contributed by atoms with Crippen LogP contribution in [-0.4, -0.2) is 102 Å². The molecule has 0 aliphatic heterocycles. The number of halogens is 4. The molecule has 0 aliphatic carbocycles. The summed E-state index contributed by atoms with van der Waals surface area (Å²) in [5, 5.41) is 48.5. The van der Waals surface area contributed by atoms with E-state index in [2.05, 4.69) is 48.5 Å². The maximum atomic E-state index is 15.1. The van der Waals surface area contributed by atoms with Gasteiger partial charge in [-0.05, 0) is 204 Å². The van der Waals surface area contributed by atoms with Crippen molar-refractivity contribution in [2.45, 2.75) is 47.3 Å². The van der Waals surface area contributed by atoms with Crippen LogP contribution in [-0.2, 0) is 80.6 Å². The van der Waals surface area contributed by atoms with Crippen LogP contribution in [0.15, 0.2) is 315 Å². The Kier molecular flexibility index (Phi) is 37.5. The Morgan fingerprint density at radius 3 is 0.979 bits per heavy atom.